The van der Waals surface area contributed by atoms with Gasteiger partial charge in [-0.15, -0.1) is 0 Å². The summed E-state index contributed by atoms with van der Waals surface area (Å²) in [5.41, 5.74) is 3.03. The second-order valence-corrected chi connectivity index (χ2v) is 8.33. The Morgan fingerprint density at radius 1 is 0.562 bits per heavy atom. The first kappa shape index (κ1) is 20.0. The van der Waals surface area contributed by atoms with Crippen LogP contribution >= 0.6 is 11.8 Å². The van der Waals surface area contributed by atoms with Crippen molar-refractivity contribution < 1.29 is 0 Å². The minimum Gasteiger partial charge on any atom is -0.279 e. The molecule has 0 spiro atoms. The van der Waals surface area contributed by atoms with E-state index >= 15 is 0 Å². The molecule has 32 heavy (non-hydrogen) atoms. The van der Waals surface area contributed by atoms with Gasteiger partial charge in [0.1, 0.15) is 11.6 Å². The van der Waals surface area contributed by atoms with E-state index < -0.39 is 0 Å². The van der Waals surface area contributed by atoms with E-state index in [1.54, 1.807) is 18.0 Å². The van der Waals surface area contributed by atoms with Crippen LogP contribution in [0.15, 0.2) is 137 Å². The van der Waals surface area contributed by atoms with E-state index in [-0.39, 0.29) is 0 Å². The van der Waals surface area contributed by atoms with Crippen molar-refractivity contribution in [1.82, 2.24) is 9.97 Å². The highest BCUT2D eigenvalue weighted by atomic mass is 32.2. The summed E-state index contributed by atoms with van der Waals surface area (Å²) in [4.78, 5) is 14.1. The lowest BCUT2D eigenvalue weighted by atomic mass is 10.1. The van der Waals surface area contributed by atoms with Gasteiger partial charge < -0.3 is 0 Å². The molecule has 2 heterocycles. The molecule has 0 aliphatic heterocycles. The van der Waals surface area contributed by atoms with Gasteiger partial charge in [0.05, 0.1) is 5.69 Å². The maximum Gasteiger partial charge on any atom is 0.139 e. The number of aromatic nitrogens is 2. The molecular formula is C28H21N3S. The molecule has 0 saturated carbocycles. The molecule has 0 amide bonds. The Hall–Kier alpha value is -3.89. The summed E-state index contributed by atoms with van der Waals surface area (Å²) in [6.45, 7) is 0. The fourth-order valence-electron chi connectivity index (χ4n) is 3.50. The van der Waals surface area contributed by atoms with Gasteiger partial charge in [0.25, 0.3) is 0 Å². The minimum atomic E-state index is 0.827. The molecule has 5 rings (SSSR count). The molecule has 0 saturated heterocycles. The average Bonchev–Trinajstić information content (AvgIpc) is 2.87. The first-order valence-electron chi connectivity index (χ1n) is 10.4. The number of hydrogen-bond donors (Lipinski definition) is 0. The lowest BCUT2D eigenvalue weighted by molar-refractivity contribution is 1.13. The third-order valence-corrected chi connectivity index (χ3v) is 5.96. The van der Waals surface area contributed by atoms with E-state index in [1.807, 2.05) is 54.6 Å². The Labute approximate surface area is 192 Å². The molecule has 3 aromatic carbocycles. The van der Waals surface area contributed by atoms with Gasteiger partial charge in [0, 0.05) is 27.2 Å². The SMILES string of the molecule is c1ccc(Sc2cccc(-c3cccc(N(c4ccccc4)c4ccccn4)n3)c2)cc1. The van der Waals surface area contributed by atoms with E-state index in [0.29, 0.717) is 0 Å². The summed E-state index contributed by atoms with van der Waals surface area (Å²) in [6.07, 6.45) is 1.80. The van der Waals surface area contributed by atoms with Crippen molar-refractivity contribution in [3.63, 3.8) is 0 Å². The fourth-order valence-corrected chi connectivity index (χ4v) is 4.39. The highest BCUT2D eigenvalue weighted by Crippen LogP contribution is 2.34. The predicted molar refractivity (Wildman–Crippen MR) is 133 cm³/mol. The first-order valence-corrected chi connectivity index (χ1v) is 11.3. The minimum absolute atomic E-state index is 0.827. The highest BCUT2D eigenvalue weighted by Gasteiger charge is 2.15. The van der Waals surface area contributed by atoms with Crippen molar-refractivity contribution in [2.24, 2.45) is 0 Å². The second-order valence-electron chi connectivity index (χ2n) is 7.18. The molecule has 0 unspecified atom stereocenters. The van der Waals surface area contributed by atoms with E-state index in [2.05, 4.69) is 76.6 Å². The standard InChI is InChI=1S/C28H21N3S/c1-3-12-23(13-4-1)31(27-18-7-8-20-29-27)28-19-10-17-26(30-28)22-11-9-16-25(21-22)32-24-14-5-2-6-15-24/h1-21H. The summed E-state index contributed by atoms with van der Waals surface area (Å²) in [5, 5.41) is 0. The largest absolute Gasteiger partial charge is 0.279 e. The summed E-state index contributed by atoms with van der Waals surface area (Å²) in [7, 11) is 0. The van der Waals surface area contributed by atoms with Crippen LogP contribution in [0.5, 0.6) is 0 Å². The number of hydrogen-bond acceptors (Lipinski definition) is 4. The second kappa shape index (κ2) is 9.50. The number of rotatable bonds is 6. The molecule has 0 bridgehead atoms. The molecule has 2 aromatic heterocycles. The normalized spacial score (nSPS) is 10.6. The van der Waals surface area contributed by atoms with Gasteiger partial charge in [-0.05, 0) is 60.7 Å². The van der Waals surface area contributed by atoms with Crippen LogP contribution in [0.25, 0.3) is 11.3 Å². The molecule has 0 aliphatic rings. The van der Waals surface area contributed by atoms with Gasteiger partial charge in [-0.2, -0.15) is 0 Å². The van der Waals surface area contributed by atoms with Gasteiger partial charge in [-0.1, -0.05) is 72.4 Å². The van der Waals surface area contributed by atoms with E-state index in [4.69, 9.17) is 4.98 Å². The van der Waals surface area contributed by atoms with Crippen LogP contribution in [0.4, 0.5) is 17.3 Å². The monoisotopic (exact) mass is 431 g/mol. The van der Waals surface area contributed by atoms with E-state index in [0.717, 1.165) is 28.6 Å². The molecule has 4 heteroatoms. The van der Waals surface area contributed by atoms with Crippen LogP contribution < -0.4 is 4.90 Å². The summed E-state index contributed by atoms with van der Waals surface area (Å²) < 4.78 is 0. The zero-order valence-corrected chi connectivity index (χ0v) is 18.2. The van der Waals surface area contributed by atoms with Crippen LogP contribution in [0, 0.1) is 0 Å². The zero-order valence-electron chi connectivity index (χ0n) is 17.4. The Kier molecular flexibility index (Phi) is 5.95. The van der Waals surface area contributed by atoms with Crippen molar-refractivity contribution in [2.45, 2.75) is 9.79 Å². The molecule has 0 radical (unpaired) electrons. The van der Waals surface area contributed by atoms with Crippen molar-refractivity contribution in [3.05, 3.63) is 128 Å². The quantitative estimate of drug-likeness (QED) is 0.275. The topological polar surface area (TPSA) is 29.0 Å². The lowest BCUT2D eigenvalue weighted by Crippen LogP contribution is -2.13. The van der Waals surface area contributed by atoms with E-state index in [1.165, 1.54) is 9.79 Å². The number of anilines is 3. The third-order valence-electron chi connectivity index (χ3n) is 4.96. The summed E-state index contributed by atoms with van der Waals surface area (Å²) in [6, 6.07) is 41.2. The van der Waals surface area contributed by atoms with Crippen molar-refractivity contribution in [3.8, 4) is 11.3 Å². The lowest BCUT2D eigenvalue weighted by Gasteiger charge is -2.23. The van der Waals surface area contributed by atoms with Crippen LogP contribution in [-0.2, 0) is 0 Å². The molecule has 3 nitrogen and oxygen atoms in total. The van der Waals surface area contributed by atoms with Gasteiger partial charge in [-0.3, -0.25) is 4.90 Å². The smallest absolute Gasteiger partial charge is 0.139 e. The molecule has 0 N–H and O–H groups in total. The maximum absolute atomic E-state index is 5.02. The molecule has 5 aromatic rings. The fraction of sp³-hybridized carbons (Fsp3) is 0. The molecule has 0 aliphatic carbocycles. The Bertz CT molecular complexity index is 1250. The van der Waals surface area contributed by atoms with Gasteiger partial charge >= 0.3 is 0 Å². The van der Waals surface area contributed by atoms with Crippen molar-refractivity contribution in [1.29, 1.82) is 0 Å². The maximum atomic E-state index is 5.02. The first-order chi connectivity index (χ1) is 15.9. The summed E-state index contributed by atoms with van der Waals surface area (Å²) in [5.74, 6) is 1.66. The van der Waals surface area contributed by atoms with Gasteiger partial charge in [-0.25, -0.2) is 9.97 Å². The Balaban J connectivity index is 1.52. The van der Waals surface area contributed by atoms with E-state index in [9.17, 15) is 0 Å². The average molecular weight is 432 g/mol. The van der Waals surface area contributed by atoms with Crippen molar-refractivity contribution in [2.75, 3.05) is 4.90 Å². The van der Waals surface area contributed by atoms with Crippen LogP contribution in [0.1, 0.15) is 0 Å². The molecule has 0 fully saturated rings. The number of nitrogens with zero attached hydrogens (tertiary/aromatic N) is 3. The highest BCUT2D eigenvalue weighted by molar-refractivity contribution is 7.99. The summed E-state index contributed by atoms with van der Waals surface area (Å²) >= 11 is 1.75. The number of para-hydroxylation sites is 1. The Morgan fingerprint density at radius 2 is 1.25 bits per heavy atom. The number of pyridine rings is 2. The van der Waals surface area contributed by atoms with Crippen molar-refractivity contribution >= 4 is 29.1 Å². The molecule has 154 valence electrons. The van der Waals surface area contributed by atoms with Crippen LogP contribution in [0.3, 0.4) is 0 Å². The van der Waals surface area contributed by atoms with Gasteiger partial charge in [0.2, 0.25) is 0 Å². The third kappa shape index (κ3) is 4.56. The van der Waals surface area contributed by atoms with Crippen LogP contribution in [-0.4, -0.2) is 9.97 Å². The van der Waals surface area contributed by atoms with Crippen LogP contribution in [0.2, 0.25) is 0 Å². The van der Waals surface area contributed by atoms with Gasteiger partial charge in [0.15, 0.2) is 0 Å². The zero-order chi connectivity index (χ0) is 21.6. The number of benzene rings is 3. The Morgan fingerprint density at radius 3 is 2.03 bits per heavy atom. The predicted octanol–water partition coefficient (Wildman–Crippen LogP) is 7.76. The molecular weight excluding hydrogens is 410 g/mol. The molecule has 0 atom stereocenters.